The second kappa shape index (κ2) is 7.55. The number of hydrogen-bond donors (Lipinski definition) is 0. The Morgan fingerprint density at radius 3 is 2.62 bits per heavy atom. The molecule has 0 amide bonds. The van der Waals surface area contributed by atoms with Crippen molar-refractivity contribution in [3.05, 3.63) is 66.6 Å². The molecule has 0 bridgehead atoms. The van der Waals surface area contributed by atoms with Crippen LogP contribution in [0.25, 0.3) is 39.5 Å². The third-order valence-electron chi connectivity index (χ3n) is 5.90. The lowest BCUT2D eigenvalue weighted by Crippen LogP contribution is -2.20. The number of aromatic nitrogens is 6. The van der Waals surface area contributed by atoms with Crippen LogP contribution in [0.3, 0.4) is 0 Å². The van der Waals surface area contributed by atoms with Crippen molar-refractivity contribution < 1.29 is 4.74 Å². The minimum atomic E-state index is 0.247. The molecule has 1 aliphatic heterocycles. The van der Waals surface area contributed by atoms with Gasteiger partial charge in [-0.3, -0.25) is 4.57 Å². The molecule has 3 aromatic heterocycles. The topological polar surface area (TPSA) is 94.4 Å². The van der Waals surface area contributed by atoms with E-state index in [0.717, 1.165) is 59.6 Å². The Labute approximate surface area is 183 Å². The Kier molecular flexibility index (Phi) is 4.40. The van der Waals surface area contributed by atoms with E-state index in [9.17, 15) is 5.26 Å². The van der Waals surface area contributed by atoms with Crippen molar-refractivity contribution in [1.29, 1.82) is 5.26 Å². The van der Waals surface area contributed by atoms with Crippen LogP contribution in [0.15, 0.2) is 61.1 Å². The SMILES string of the molecule is N#Cc1ccc2ncn(-c3ncc4nc(-c5ccccc5)n(C5CCOCC5)c4n3)c2c1. The largest absolute Gasteiger partial charge is 0.381 e. The predicted octanol–water partition coefficient (Wildman–Crippen LogP) is 4.06. The minimum Gasteiger partial charge on any atom is -0.381 e. The lowest BCUT2D eigenvalue weighted by atomic mass is 10.1. The summed E-state index contributed by atoms with van der Waals surface area (Å²) in [5.74, 6) is 1.39. The third-order valence-corrected chi connectivity index (χ3v) is 5.90. The van der Waals surface area contributed by atoms with Gasteiger partial charge in [0, 0.05) is 24.8 Å². The molecule has 8 heteroatoms. The fraction of sp³-hybridized carbons (Fsp3) is 0.208. The first-order valence-corrected chi connectivity index (χ1v) is 10.6. The number of hydrogen-bond acceptors (Lipinski definition) is 6. The van der Waals surface area contributed by atoms with Gasteiger partial charge in [0.1, 0.15) is 17.7 Å². The van der Waals surface area contributed by atoms with Crippen LogP contribution >= 0.6 is 0 Å². The summed E-state index contributed by atoms with van der Waals surface area (Å²) in [6.07, 6.45) is 5.27. The Bertz CT molecular complexity index is 1470. The molecule has 8 nitrogen and oxygen atoms in total. The van der Waals surface area contributed by atoms with Crippen molar-refractivity contribution in [3.8, 4) is 23.4 Å². The molecule has 0 saturated carbocycles. The van der Waals surface area contributed by atoms with E-state index in [0.29, 0.717) is 11.5 Å². The Morgan fingerprint density at radius 1 is 0.969 bits per heavy atom. The molecule has 0 aliphatic carbocycles. The van der Waals surface area contributed by atoms with Crippen LogP contribution in [-0.2, 0) is 4.74 Å². The highest BCUT2D eigenvalue weighted by molar-refractivity contribution is 5.80. The number of imidazole rings is 2. The van der Waals surface area contributed by atoms with Crippen LogP contribution in [0.4, 0.5) is 0 Å². The molecule has 0 unspecified atom stereocenters. The monoisotopic (exact) mass is 421 g/mol. The summed E-state index contributed by atoms with van der Waals surface area (Å²) < 4.78 is 9.66. The van der Waals surface area contributed by atoms with E-state index in [1.165, 1.54) is 0 Å². The molecule has 0 atom stereocenters. The van der Waals surface area contributed by atoms with E-state index in [4.69, 9.17) is 14.7 Å². The van der Waals surface area contributed by atoms with Gasteiger partial charge in [-0.15, -0.1) is 0 Å². The number of nitriles is 1. The van der Waals surface area contributed by atoms with E-state index in [-0.39, 0.29) is 6.04 Å². The molecule has 1 aliphatic rings. The number of nitrogens with zero attached hydrogens (tertiary/aromatic N) is 7. The molecule has 0 radical (unpaired) electrons. The maximum absolute atomic E-state index is 9.30. The van der Waals surface area contributed by atoms with E-state index in [1.54, 1.807) is 24.7 Å². The van der Waals surface area contributed by atoms with Gasteiger partial charge in [-0.1, -0.05) is 30.3 Å². The van der Waals surface area contributed by atoms with Gasteiger partial charge in [-0.2, -0.15) is 10.2 Å². The van der Waals surface area contributed by atoms with Crippen molar-refractivity contribution in [1.82, 2.24) is 29.1 Å². The molecule has 0 spiro atoms. The molecule has 2 aromatic carbocycles. The van der Waals surface area contributed by atoms with Gasteiger partial charge < -0.3 is 9.30 Å². The second-order valence-corrected chi connectivity index (χ2v) is 7.82. The summed E-state index contributed by atoms with van der Waals surface area (Å²) in [4.78, 5) is 18.9. The van der Waals surface area contributed by atoms with Gasteiger partial charge >= 0.3 is 0 Å². The maximum Gasteiger partial charge on any atom is 0.237 e. The molecule has 5 aromatic rings. The van der Waals surface area contributed by atoms with Gasteiger partial charge in [0.2, 0.25) is 5.95 Å². The minimum absolute atomic E-state index is 0.247. The summed E-state index contributed by atoms with van der Waals surface area (Å²) in [7, 11) is 0. The molecule has 4 heterocycles. The first-order valence-electron chi connectivity index (χ1n) is 10.6. The molecule has 0 N–H and O–H groups in total. The van der Waals surface area contributed by atoms with Crippen LogP contribution in [0.5, 0.6) is 0 Å². The zero-order valence-electron chi connectivity index (χ0n) is 17.2. The smallest absolute Gasteiger partial charge is 0.237 e. The average Bonchev–Trinajstić information content (AvgIpc) is 3.46. The fourth-order valence-electron chi connectivity index (χ4n) is 4.31. The van der Waals surface area contributed by atoms with Gasteiger partial charge in [0.25, 0.3) is 0 Å². The number of benzene rings is 2. The van der Waals surface area contributed by atoms with Crippen molar-refractivity contribution >= 4 is 22.2 Å². The zero-order chi connectivity index (χ0) is 21.5. The van der Waals surface area contributed by atoms with E-state index < -0.39 is 0 Å². The normalized spacial score (nSPS) is 14.7. The molecule has 156 valence electrons. The highest BCUT2D eigenvalue weighted by atomic mass is 16.5. The molecule has 32 heavy (non-hydrogen) atoms. The fourth-order valence-corrected chi connectivity index (χ4v) is 4.31. The van der Waals surface area contributed by atoms with Crippen LogP contribution < -0.4 is 0 Å². The lowest BCUT2D eigenvalue weighted by molar-refractivity contribution is 0.0708. The number of fused-ring (bicyclic) bond motifs is 2. The third kappa shape index (κ3) is 3.02. The molecule has 6 rings (SSSR count). The standard InChI is InChI=1S/C24H19N7O/c25-13-16-6-7-19-21(12-16)30(15-27-19)24-26-14-20-23(29-24)31(18-8-10-32-11-9-18)22(28-20)17-4-2-1-3-5-17/h1-7,12,14-15,18H,8-11H2. The van der Waals surface area contributed by atoms with E-state index in [2.05, 4.69) is 32.7 Å². The maximum atomic E-state index is 9.30. The van der Waals surface area contributed by atoms with Gasteiger partial charge in [-0.25, -0.2) is 15.0 Å². The van der Waals surface area contributed by atoms with Crippen LogP contribution in [0.1, 0.15) is 24.4 Å². The van der Waals surface area contributed by atoms with Gasteiger partial charge in [0.15, 0.2) is 5.65 Å². The van der Waals surface area contributed by atoms with Crippen molar-refractivity contribution in [2.24, 2.45) is 0 Å². The summed E-state index contributed by atoms with van der Waals surface area (Å²) in [5, 5.41) is 9.30. The Hall–Kier alpha value is -4.09. The highest BCUT2D eigenvalue weighted by Gasteiger charge is 2.24. The number of ether oxygens (including phenoxy) is 1. The summed E-state index contributed by atoms with van der Waals surface area (Å²) in [6, 6.07) is 18.0. The predicted molar refractivity (Wildman–Crippen MR) is 119 cm³/mol. The van der Waals surface area contributed by atoms with Crippen LogP contribution in [0.2, 0.25) is 0 Å². The second-order valence-electron chi connectivity index (χ2n) is 7.82. The summed E-state index contributed by atoms with van der Waals surface area (Å²) >= 11 is 0. The lowest BCUT2D eigenvalue weighted by Gasteiger charge is -2.25. The quantitative estimate of drug-likeness (QED) is 0.436. The molecule has 1 saturated heterocycles. The molecular weight excluding hydrogens is 402 g/mol. The van der Waals surface area contributed by atoms with Crippen LogP contribution in [-0.4, -0.2) is 42.3 Å². The zero-order valence-corrected chi connectivity index (χ0v) is 17.2. The van der Waals surface area contributed by atoms with E-state index in [1.807, 2.05) is 28.8 Å². The van der Waals surface area contributed by atoms with Crippen molar-refractivity contribution in [3.63, 3.8) is 0 Å². The first-order chi connectivity index (χ1) is 15.8. The first kappa shape index (κ1) is 18.7. The Balaban J connectivity index is 1.57. The summed E-state index contributed by atoms with van der Waals surface area (Å²) in [5.41, 5.74) is 4.74. The van der Waals surface area contributed by atoms with Gasteiger partial charge in [0.05, 0.1) is 28.9 Å². The van der Waals surface area contributed by atoms with Gasteiger partial charge in [-0.05, 0) is 31.0 Å². The van der Waals surface area contributed by atoms with E-state index >= 15 is 0 Å². The average molecular weight is 421 g/mol. The molecular formula is C24H19N7O. The van der Waals surface area contributed by atoms with Crippen LogP contribution in [0, 0.1) is 11.3 Å². The summed E-state index contributed by atoms with van der Waals surface area (Å²) in [6.45, 7) is 1.44. The highest BCUT2D eigenvalue weighted by Crippen LogP contribution is 2.32. The van der Waals surface area contributed by atoms with Crippen molar-refractivity contribution in [2.45, 2.75) is 18.9 Å². The van der Waals surface area contributed by atoms with Crippen molar-refractivity contribution in [2.75, 3.05) is 13.2 Å². The molecule has 1 fully saturated rings. The number of rotatable bonds is 3. The Morgan fingerprint density at radius 2 is 1.81 bits per heavy atom.